The van der Waals surface area contributed by atoms with Gasteiger partial charge in [-0.25, -0.2) is 4.99 Å². The number of hydrogen-bond donors (Lipinski definition) is 1. The molecule has 0 aromatic rings. The predicted octanol–water partition coefficient (Wildman–Crippen LogP) is -0.0315. The molecule has 0 radical (unpaired) electrons. The molecule has 1 atom stereocenters. The molecule has 1 N–H and O–H groups in total. The standard InChI is InChI=1S/C9H8N2O2/c12-8-5-9(13)11-7-4-2-1-3-6(7)10-8/h1-4,6H,5H2,(H,10,12). The minimum Gasteiger partial charge on any atom is -0.344 e. The third kappa shape index (κ3) is 1.56. The molecule has 0 aromatic carbocycles. The van der Waals surface area contributed by atoms with Gasteiger partial charge in [0.25, 0.3) is 5.91 Å². The van der Waals surface area contributed by atoms with Gasteiger partial charge >= 0.3 is 0 Å². The highest BCUT2D eigenvalue weighted by Crippen LogP contribution is 2.06. The largest absolute Gasteiger partial charge is 0.344 e. The van der Waals surface area contributed by atoms with Crippen LogP contribution in [-0.2, 0) is 9.59 Å². The lowest BCUT2D eigenvalue weighted by molar-refractivity contribution is -0.127. The second-order valence-electron chi connectivity index (χ2n) is 2.90. The van der Waals surface area contributed by atoms with Crippen molar-refractivity contribution in [2.75, 3.05) is 0 Å². The van der Waals surface area contributed by atoms with E-state index >= 15 is 0 Å². The first-order valence-electron chi connectivity index (χ1n) is 4.01. The van der Waals surface area contributed by atoms with Crippen LogP contribution in [0.25, 0.3) is 0 Å². The summed E-state index contributed by atoms with van der Waals surface area (Å²) in [5.74, 6) is -0.649. The van der Waals surface area contributed by atoms with Crippen LogP contribution in [0.2, 0.25) is 0 Å². The zero-order chi connectivity index (χ0) is 9.26. The molecule has 1 unspecified atom stereocenters. The average molecular weight is 176 g/mol. The minimum atomic E-state index is -0.380. The highest BCUT2D eigenvalue weighted by atomic mass is 16.2. The monoisotopic (exact) mass is 176 g/mol. The lowest BCUT2D eigenvalue weighted by Crippen LogP contribution is -2.37. The van der Waals surface area contributed by atoms with Crippen LogP contribution in [0, 0.1) is 0 Å². The van der Waals surface area contributed by atoms with Crippen LogP contribution in [-0.4, -0.2) is 23.6 Å². The SMILES string of the molecule is O=C1CC(=O)NC2C=CC=CC2=N1. The number of fused-ring (bicyclic) bond motifs is 1. The Hall–Kier alpha value is -1.71. The van der Waals surface area contributed by atoms with Gasteiger partial charge in [0.15, 0.2) is 0 Å². The topological polar surface area (TPSA) is 58.5 Å². The quantitative estimate of drug-likeness (QED) is 0.527. The molecule has 2 aliphatic rings. The molecule has 66 valence electrons. The Labute approximate surface area is 75.0 Å². The summed E-state index contributed by atoms with van der Waals surface area (Å²) in [6.07, 6.45) is 6.99. The Kier molecular flexibility index (Phi) is 1.81. The van der Waals surface area contributed by atoms with Gasteiger partial charge < -0.3 is 5.32 Å². The molecule has 0 spiro atoms. The van der Waals surface area contributed by atoms with Crippen molar-refractivity contribution in [2.24, 2.45) is 4.99 Å². The highest BCUT2D eigenvalue weighted by molar-refractivity contribution is 6.14. The van der Waals surface area contributed by atoms with Crippen LogP contribution in [0.15, 0.2) is 29.3 Å². The maximum atomic E-state index is 11.1. The zero-order valence-corrected chi connectivity index (χ0v) is 6.86. The fourth-order valence-electron chi connectivity index (χ4n) is 1.31. The van der Waals surface area contributed by atoms with Crippen molar-refractivity contribution < 1.29 is 9.59 Å². The van der Waals surface area contributed by atoms with E-state index < -0.39 is 0 Å². The summed E-state index contributed by atoms with van der Waals surface area (Å²) in [5.41, 5.74) is 0.610. The first kappa shape index (κ1) is 7.91. The van der Waals surface area contributed by atoms with Crippen LogP contribution >= 0.6 is 0 Å². The first-order valence-corrected chi connectivity index (χ1v) is 4.01. The molecule has 1 aliphatic carbocycles. The minimum absolute atomic E-state index is 0.151. The van der Waals surface area contributed by atoms with E-state index in [0.29, 0.717) is 5.71 Å². The number of carbonyl (C=O) groups excluding carboxylic acids is 2. The molecule has 2 amide bonds. The summed E-state index contributed by atoms with van der Waals surface area (Å²) in [5, 5.41) is 2.68. The van der Waals surface area contributed by atoms with Crippen LogP contribution in [0.4, 0.5) is 0 Å². The third-order valence-corrected chi connectivity index (χ3v) is 1.88. The predicted molar refractivity (Wildman–Crippen MR) is 47.3 cm³/mol. The molecule has 0 aromatic heterocycles. The van der Waals surface area contributed by atoms with E-state index in [1.165, 1.54) is 0 Å². The van der Waals surface area contributed by atoms with Gasteiger partial charge in [-0.05, 0) is 6.08 Å². The number of rotatable bonds is 0. The molecule has 0 fully saturated rings. The molecule has 1 heterocycles. The normalized spacial score (nSPS) is 26.2. The summed E-state index contributed by atoms with van der Waals surface area (Å²) < 4.78 is 0. The Balaban J connectivity index is 2.34. The van der Waals surface area contributed by atoms with Gasteiger partial charge in [-0.15, -0.1) is 0 Å². The lowest BCUT2D eigenvalue weighted by atomic mass is 10.1. The molecule has 2 rings (SSSR count). The smallest absolute Gasteiger partial charge is 0.255 e. The Morgan fingerprint density at radius 1 is 1.38 bits per heavy atom. The lowest BCUT2D eigenvalue weighted by Gasteiger charge is -2.13. The van der Waals surface area contributed by atoms with E-state index in [-0.39, 0.29) is 24.3 Å². The van der Waals surface area contributed by atoms with Crippen molar-refractivity contribution in [3.05, 3.63) is 24.3 Å². The number of nitrogens with one attached hydrogen (secondary N) is 1. The summed E-state index contributed by atoms with van der Waals surface area (Å²) >= 11 is 0. The molecule has 0 bridgehead atoms. The molecular formula is C9H8N2O2. The molecule has 1 aliphatic heterocycles. The van der Waals surface area contributed by atoms with E-state index in [1.54, 1.807) is 18.2 Å². The van der Waals surface area contributed by atoms with E-state index in [4.69, 9.17) is 0 Å². The molecule has 4 heteroatoms. The fraction of sp³-hybridized carbons (Fsp3) is 0.222. The summed E-state index contributed by atoms with van der Waals surface area (Å²) in [6, 6.07) is -0.232. The van der Waals surface area contributed by atoms with Crippen molar-refractivity contribution in [3.8, 4) is 0 Å². The maximum absolute atomic E-state index is 11.1. The van der Waals surface area contributed by atoms with Crippen LogP contribution < -0.4 is 5.32 Å². The first-order chi connectivity index (χ1) is 6.25. The number of hydrogen-bond acceptors (Lipinski definition) is 2. The van der Waals surface area contributed by atoms with Crippen LogP contribution in [0.1, 0.15) is 6.42 Å². The molecule has 0 saturated carbocycles. The number of allylic oxidation sites excluding steroid dienone is 2. The second-order valence-corrected chi connectivity index (χ2v) is 2.90. The molecule has 4 nitrogen and oxygen atoms in total. The van der Waals surface area contributed by atoms with Gasteiger partial charge in [0, 0.05) is 0 Å². The van der Waals surface area contributed by atoms with E-state index in [0.717, 1.165) is 0 Å². The van der Waals surface area contributed by atoms with Crippen LogP contribution in [0.5, 0.6) is 0 Å². The van der Waals surface area contributed by atoms with Gasteiger partial charge in [-0.3, -0.25) is 9.59 Å². The molecular weight excluding hydrogens is 168 g/mol. The fourth-order valence-corrected chi connectivity index (χ4v) is 1.31. The van der Waals surface area contributed by atoms with Crippen LogP contribution in [0.3, 0.4) is 0 Å². The third-order valence-electron chi connectivity index (χ3n) is 1.88. The van der Waals surface area contributed by atoms with E-state index in [1.807, 2.05) is 6.08 Å². The van der Waals surface area contributed by atoms with Gasteiger partial charge in [0.1, 0.15) is 6.42 Å². The maximum Gasteiger partial charge on any atom is 0.255 e. The summed E-state index contributed by atoms with van der Waals surface area (Å²) in [7, 11) is 0. The van der Waals surface area contributed by atoms with E-state index in [2.05, 4.69) is 10.3 Å². The van der Waals surface area contributed by atoms with Gasteiger partial charge in [-0.1, -0.05) is 18.2 Å². The Bertz CT molecular complexity index is 353. The molecule has 0 saturated heterocycles. The van der Waals surface area contributed by atoms with Gasteiger partial charge in [-0.2, -0.15) is 0 Å². The summed E-state index contributed by atoms with van der Waals surface area (Å²) in [4.78, 5) is 25.9. The van der Waals surface area contributed by atoms with Crippen molar-refractivity contribution in [2.45, 2.75) is 12.5 Å². The number of carbonyl (C=O) groups is 2. The van der Waals surface area contributed by atoms with Crippen molar-refractivity contribution >= 4 is 17.5 Å². The Morgan fingerprint density at radius 2 is 2.23 bits per heavy atom. The number of nitrogens with zero attached hydrogens (tertiary/aromatic N) is 1. The highest BCUT2D eigenvalue weighted by Gasteiger charge is 2.22. The summed E-state index contributed by atoms with van der Waals surface area (Å²) in [6.45, 7) is 0. The second kappa shape index (κ2) is 2.97. The van der Waals surface area contributed by atoms with Crippen molar-refractivity contribution in [3.63, 3.8) is 0 Å². The van der Waals surface area contributed by atoms with Crippen molar-refractivity contribution in [1.82, 2.24) is 5.32 Å². The Morgan fingerprint density at radius 3 is 3.08 bits per heavy atom. The van der Waals surface area contributed by atoms with E-state index in [9.17, 15) is 9.59 Å². The zero-order valence-electron chi connectivity index (χ0n) is 6.86. The van der Waals surface area contributed by atoms with Crippen molar-refractivity contribution in [1.29, 1.82) is 0 Å². The molecule has 13 heavy (non-hydrogen) atoms. The van der Waals surface area contributed by atoms with Gasteiger partial charge in [0.2, 0.25) is 5.91 Å². The number of aliphatic imine (C=N–C) groups is 1. The van der Waals surface area contributed by atoms with Gasteiger partial charge in [0.05, 0.1) is 11.8 Å². The average Bonchev–Trinajstić information content (AvgIpc) is 2.20. The number of amides is 2.